The number of rotatable bonds is 2. The molecule has 0 aliphatic heterocycles. The number of amides is 1. The first-order valence-electron chi connectivity index (χ1n) is 5.86. The third-order valence-corrected chi connectivity index (χ3v) is 3.32. The van der Waals surface area contributed by atoms with Crippen molar-refractivity contribution in [3.63, 3.8) is 0 Å². The molecule has 2 rings (SSSR count). The first-order valence-corrected chi connectivity index (χ1v) is 5.86. The Kier molecular flexibility index (Phi) is 3.30. The zero-order chi connectivity index (χ0) is 13.2. The van der Waals surface area contributed by atoms with E-state index in [4.69, 9.17) is 11.0 Å². The normalized spacial score (nSPS) is 17.2. The zero-order valence-electron chi connectivity index (χ0n) is 9.87. The number of anilines is 1. The molecule has 0 heterocycles. The number of nitrogens with one attached hydrogen (secondary N) is 1. The van der Waals surface area contributed by atoms with Crippen molar-refractivity contribution in [3.05, 3.63) is 29.6 Å². The summed E-state index contributed by atoms with van der Waals surface area (Å²) in [6.45, 7) is 0. The highest BCUT2D eigenvalue weighted by atomic mass is 19.1. The Hall–Kier alpha value is -1.93. The quantitative estimate of drug-likeness (QED) is 0.837. The van der Waals surface area contributed by atoms with E-state index in [9.17, 15) is 9.18 Å². The van der Waals surface area contributed by atoms with Gasteiger partial charge in [-0.1, -0.05) is 18.9 Å². The van der Waals surface area contributed by atoms with E-state index in [2.05, 4.69) is 5.32 Å². The van der Waals surface area contributed by atoms with Crippen LogP contribution in [0.2, 0.25) is 0 Å². The number of halogens is 1. The van der Waals surface area contributed by atoms with E-state index in [1.54, 1.807) is 6.07 Å². The Morgan fingerprint density at radius 1 is 1.44 bits per heavy atom. The van der Waals surface area contributed by atoms with Crippen molar-refractivity contribution in [3.8, 4) is 6.07 Å². The summed E-state index contributed by atoms with van der Waals surface area (Å²) in [6.07, 6.45) is 3.07. The summed E-state index contributed by atoms with van der Waals surface area (Å²) >= 11 is 0. The van der Waals surface area contributed by atoms with Gasteiger partial charge in [-0.2, -0.15) is 5.26 Å². The third-order valence-electron chi connectivity index (χ3n) is 3.32. The van der Waals surface area contributed by atoms with E-state index >= 15 is 0 Å². The van der Waals surface area contributed by atoms with Gasteiger partial charge in [-0.25, -0.2) is 4.39 Å². The van der Waals surface area contributed by atoms with Crippen molar-refractivity contribution < 1.29 is 9.18 Å². The average molecular weight is 247 g/mol. The minimum Gasteiger partial charge on any atom is -0.323 e. The summed E-state index contributed by atoms with van der Waals surface area (Å²) in [6, 6.07) is 5.87. The van der Waals surface area contributed by atoms with Gasteiger partial charge < -0.3 is 11.1 Å². The minimum atomic E-state index is -0.890. The van der Waals surface area contributed by atoms with Gasteiger partial charge in [-0.3, -0.25) is 4.79 Å². The van der Waals surface area contributed by atoms with Crippen LogP contribution in [0.4, 0.5) is 10.1 Å². The number of hydrogen-bond donors (Lipinski definition) is 2. The molecule has 1 fully saturated rings. The van der Waals surface area contributed by atoms with Gasteiger partial charge >= 0.3 is 0 Å². The second-order valence-corrected chi connectivity index (χ2v) is 4.59. The van der Waals surface area contributed by atoms with Crippen LogP contribution in [0.1, 0.15) is 31.2 Å². The second-order valence-electron chi connectivity index (χ2n) is 4.59. The lowest BCUT2D eigenvalue weighted by Gasteiger charge is -2.22. The molecule has 0 radical (unpaired) electrons. The fourth-order valence-corrected chi connectivity index (χ4v) is 2.22. The zero-order valence-corrected chi connectivity index (χ0v) is 9.87. The molecule has 1 aromatic carbocycles. The van der Waals surface area contributed by atoms with Crippen LogP contribution in [0, 0.1) is 17.1 Å². The molecule has 4 nitrogen and oxygen atoms in total. The molecule has 1 aliphatic rings. The van der Waals surface area contributed by atoms with Crippen molar-refractivity contribution in [1.29, 1.82) is 5.26 Å². The fraction of sp³-hybridized carbons (Fsp3) is 0.385. The molecular formula is C13H14FN3O. The van der Waals surface area contributed by atoms with Gasteiger partial charge in [0.2, 0.25) is 5.91 Å². The maximum Gasteiger partial charge on any atom is 0.244 e. The molecule has 0 bridgehead atoms. The van der Waals surface area contributed by atoms with Gasteiger partial charge in [0.1, 0.15) is 17.4 Å². The summed E-state index contributed by atoms with van der Waals surface area (Å²) in [5.41, 5.74) is 5.12. The Balaban J connectivity index is 2.22. The van der Waals surface area contributed by atoms with Gasteiger partial charge in [-0.15, -0.1) is 0 Å². The molecule has 0 aromatic heterocycles. The van der Waals surface area contributed by atoms with Crippen LogP contribution in [0.15, 0.2) is 18.2 Å². The summed E-state index contributed by atoms with van der Waals surface area (Å²) in [5.74, 6) is -0.991. The van der Waals surface area contributed by atoms with E-state index in [1.807, 2.05) is 0 Å². The molecule has 18 heavy (non-hydrogen) atoms. The van der Waals surface area contributed by atoms with Crippen LogP contribution in [-0.4, -0.2) is 11.4 Å². The summed E-state index contributed by atoms with van der Waals surface area (Å²) in [7, 11) is 0. The van der Waals surface area contributed by atoms with Crippen LogP contribution < -0.4 is 11.1 Å². The lowest BCUT2D eigenvalue weighted by Crippen LogP contribution is -2.48. The van der Waals surface area contributed by atoms with E-state index in [0.717, 1.165) is 12.8 Å². The number of nitrogens with two attached hydrogens (primary N) is 1. The van der Waals surface area contributed by atoms with Crippen molar-refractivity contribution in [2.24, 2.45) is 5.73 Å². The van der Waals surface area contributed by atoms with Crippen LogP contribution in [0.3, 0.4) is 0 Å². The molecule has 5 heteroatoms. The number of benzene rings is 1. The fourth-order valence-electron chi connectivity index (χ4n) is 2.22. The molecule has 1 amide bonds. The van der Waals surface area contributed by atoms with Crippen LogP contribution in [0.5, 0.6) is 0 Å². The SMILES string of the molecule is N#Cc1c(F)cccc1NC(=O)C1(N)CCCC1. The highest BCUT2D eigenvalue weighted by molar-refractivity contribution is 5.99. The molecule has 0 atom stereocenters. The van der Waals surface area contributed by atoms with Gasteiger partial charge in [0, 0.05) is 0 Å². The summed E-state index contributed by atoms with van der Waals surface area (Å²) in [4.78, 5) is 12.0. The molecule has 3 N–H and O–H groups in total. The number of nitriles is 1. The van der Waals surface area contributed by atoms with Crippen molar-refractivity contribution in [2.75, 3.05) is 5.32 Å². The first-order chi connectivity index (χ1) is 8.57. The molecular weight excluding hydrogens is 233 g/mol. The smallest absolute Gasteiger partial charge is 0.244 e. The molecule has 1 saturated carbocycles. The number of carbonyl (C=O) groups excluding carboxylic acids is 1. The standard InChI is InChI=1S/C13H14FN3O/c14-10-4-3-5-11(9(10)8-15)17-12(18)13(16)6-1-2-7-13/h3-5H,1-2,6-7,16H2,(H,17,18). The molecule has 0 spiro atoms. The first kappa shape index (κ1) is 12.5. The molecule has 1 aromatic rings. The monoisotopic (exact) mass is 247 g/mol. The van der Waals surface area contributed by atoms with Gasteiger partial charge in [0.15, 0.2) is 0 Å². The van der Waals surface area contributed by atoms with Crippen molar-refractivity contribution >= 4 is 11.6 Å². The molecule has 94 valence electrons. The predicted molar refractivity (Wildman–Crippen MR) is 65.1 cm³/mol. The topological polar surface area (TPSA) is 78.9 Å². The third kappa shape index (κ3) is 2.20. The highest BCUT2D eigenvalue weighted by Gasteiger charge is 2.37. The summed E-state index contributed by atoms with van der Waals surface area (Å²) < 4.78 is 13.4. The van der Waals surface area contributed by atoms with Crippen LogP contribution in [0.25, 0.3) is 0 Å². The maximum atomic E-state index is 13.4. The number of hydrogen-bond acceptors (Lipinski definition) is 3. The van der Waals surface area contributed by atoms with Gasteiger partial charge in [0.25, 0.3) is 0 Å². The lowest BCUT2D eigenvalue weighted by atomic mass is 9.98. The number of nitrogens with zero attached hydrogens (tertiary/aromatic N) is 1. The summed E-state index contributed by atoms with van der Waals surface area (Å²) in [5, 5.41) is 11.4. The largest absolute Gasteiger partial charge is 0.323 e. The second kappa shape index (κ2) is 4.75. The molecule has 0 unspecified atom stereocenters. The lowest BCUT2D eigenvalue weighted by molar-refractivity contribution is -0.121. The minimum absolute atomic E-state index is 0.160. The Morgan fingerprint density at radius 3 is 2.72 bits per heavy atom. The van der Waals surface area contributed by atoms with E-state index in [1.165, 1.54) is 18.2 Å². The van der Waals surface area contributed by atoms with Gasteiger partial charge in [-0.05, 0) is 25.0 Å². The van der Waals surface area contributed by atoms with E-state index < -0.39 is 11.4 Å². The van der Waals surface area contributed by atoms with Crippen molar-refractivity contribution in [1.82, 2.24) is 0 Å². The Morgan fingerprint density at radius 2 is 2.11 bits per heavy atom. The van der Waals surface area contributed by atoms with Crippen LogP contribution >= 0.6 is 0 Å². The average Bonchev–Trinajstić information content (AvgIpc) is 2.78. The van der Waals surface area contributed by atoms with Crippen molar-refractivity contribution in [2.45, 2.75) is 31.2 Å². The van der Waals surface area contributed by atoms with Crippen LogP contribution in [-0.2, 0) is 4.79 Å². The maximum absolute atomic E-state index is 13.4. The van der Waals surface area contributed by atoms with E-state index in [0.29, 0.717) is 12.8 Å². The van der Waals surface area contributed by atoms with E-state index in [-0.39, 0.29) is 17.2 Å². The Labute approximate surface area is 105 Å². The predicted octanol–water partition coefficient (Wildman–Crippen LogP) is 1.91. The highest BCUT2D eigenvalue weighted by Crippen LogP contribution is 2.29. The number of carbonyl (C=O) groups is 1. The Bertz CT molecular complexity index is 515. The van der Waals surface area contributed by atoms with Gasteiger partial charge in [0.05, 0.1) is 11.2 Å². The molecule has 0 saturated heterocycles. The molecule has 1 aliphatic carbocycles.